The number of nitrogens with one attached hydrogen (secondary N) is 1. The van der Waals surface area contributed by atoms with Crippen molar-refractivity contribution in [2.24, 2.45) is 0 Å². The van der Waals surface area contributed by atoms with Crippen molar-refractivity contribution in [2.45, 2.75) is 38.8 Å². The number of urea groups is 1. The lowest BCUT2D eigenvalue weighted by atomic mass is 9.92. The highest BCUT2D eigenvalue weighted by Crippen LogP contribution is 2.41. The topological polar surface area (TPSA) is 82.6 Å². The predicted octanol–water partition coefficient (Wildman–Crippen LogP) is 4.03. The molecule has 1 aliphatic carbocycles. The van der Waals surface area contributed by atoms with E-state index in [4.69, 9.17) is 0 Å². The Labute approximate surface area is 189 Å². The molecule has 5 rings (SSSR count). The Balaban J connectivity index is 1.41. The highest BCUT2D eigenvalue weighted by Gasteiger charge is 2.55. The fourth-order valence-electron chi connectivity index (χ4n) is 4.56. The molecule has 3 aromatic rings. The van der Waals surface area contributed by atoms with Gasteiger partial charge in [-0.15, -0.1) is 11.3 Å². The molecule has 0 saturated carbocycles. The van der Waals surface area contributed by atoms with Crippen LogP contribution in [0.15, 0.2) is 53.9 Å². The summed E-state index contributed by atoms with van der Waals surface area (Å²) in [7, 11) is 0. The summed E-state index contributed by atoms with van der Waals surface area (Å²) in [5, 5.41) is 5.23. The number of fused-ring (bicyclic) bond motifs is 2. The van der Waals surface area contributed by atoms with Crippen LogP contribution in [0.3, 0.4) is 0 Å². The summed E-state index contributed by atoms with van der Waals surface area (Å²) in [5.41, 5.74) is 3.31. The lowest BCUT2D eigenvalue weighted by molar-refractivity contribution is -0.132. The number of hydrogen-bond acceptors (Lipinski definition) is 5. The average molecular weight is 447 g/mol. The zero-order chi connectivity index (χ0) is 22.5. The number of anilines is 2. The van der Waals surface area contributed by atoms with Crippen molar-refractivity contribution in [1.82, 2.24) is 15.2 Å². The minimum Gasteiger partial charge on any atom is -0.319 e. The molecule has 162 valence electrons. The largest absolute Gasteiger partial charge is 0.325 e. The van der Waals surface area contributed by atoms with Crippen LogP contribution in [0.5, 0.6) is 0 Å². The smallest absolute Gasteiger partial charge is 0.319 e. The predicted molar refractivity (Wildman–Crippen MR) is 122 cm³/mol. The highest BCUT2D eigenvalue weighted by atomic mass is 32.1. The maximum Gasteiger partial charge on any atom is 0.325 e. The summed E-state index contributed by atoms with van der Waals surface area (Å²) < 4.78 is 0. The van der Waals surface area contributed by atoms with Crippen molar-refractivity contribution < 1.29 is 14.4 Å². The summed E-state index contributed by atoms with van der Waals surface area (Å²) in [6.07, 6.45) is 1.31. The van der Waals surface area contributed by atoms with E-state index in [-0.39, 0.29) is 18.4 Å². The third-order valence-corrected chi connectivity index (χ3v) is 6.92. The number of thiazole rings is 1. The third kappa shape index (κ3) is 3.18. The molecule has 2 aliphatic rings. The normalized spacial score (nSPS) is 19.4. The number of hydrogen-bond donors (Lipinski definition) is 1. The molecule has 1 N–H and O–H groups in total. The molecule has 0 bridgehead atoms. The molecular weight excluding hydrogens is 424 g/mol. The lowest BCUT2D eigenvalue weighted by Gasteiger charge is -2.22. The van der Waals surface area contributed by atoms with Gasteiger partial charge >= 0.3 is 6.03 Å². The van der Waals surface area contributed by atoms with Crippen molar-refractivity contribution >= 4 is 40.0 Å². The van der Waals surface area contributed by atoms with Crippen LogP contribution in [0.2, 0.25) is 0 Å². The summed E-state index contributed by atoms with van der Waals surface area (Å²) >= 11 is 1.31. The Hall–Kier alpha value is -3.52. The molecule has 7 nitrogen and oxygen atoms in total. The van der Waals surface area contributed by atoms with Crippen LogP contribution in [-0.4, -0.2) is 27.7 Å². The van der Waals surface area contributed by atoms with Crippen LogP contribution >= 0.6 is 11.3 Å². The Morgan fingerprint density at radius 3 is 2.81 bits per heavy atom. The summed E-state index contributed by atoms with van der Waals surface area (Å²) in [4.78, 5) is 45.9. The zero-order valence-electron chi connectivity index (χ0n) is 17.8. The van der Waals surface area contributed by atoms with E-state index in [2.05, 4.69) is 10.3 Å². The molecule has 8 heteroatoms. The first-order valence-electron chi connectivity index (χ1n) is 10.4. The summed E-state index contributed by atoms with van der Waals surface area (Å²) in [5.74, 6) is -0.405. The molecule has 32 heavy (non-hydrogen) atoms. The second-order valence-corrected chi connectivity index (χ2v) is 9.04. The third-order valence-electron chi connectivity index (χ3n) is 6.05. The second kappa shape index (κ2) is 7.56. The number of imide groups is 1. The van der Waals surface area contributed by atoms with Crippen molar-refractivity contribution in [1.29, 1.82) is 0 Å². The van der Waals surface area contributed by atoms with Crippen LogP contribution in [0.4, 0.5) is 15.6 Å². The minimum absolute atomic E-state index is 0.0602. The lowest BCUT2D eigenvalue weighted by Crippen LogP contribution is -2.41. The molecule has 4 amide bonds. The average Bonchev–Trinajstić information content (AvgIpc) is 3.43. The fraction of sp³-hybridized carbons (Fsp3) is 0.250. The van der Waals surface area contributed by atoms with Gasteiger partial charge in [0.2, 0.25) is 5.91 Å². The van der Waals surface area contributed by atoms with Crippen LogP contribution in [-0.2, 0) is 28.1 Å². The van der Waals surface area contributed by atoms with E-state index >= 15 is 0 Å². The van der Waals surface area contributed by atoms with Gasteiger partial charge in [-0.3, -0.25) is 19.4 Å². The molecule has 1 spiro atoms. The number of carbonyl (C=O) groups is 3. The van der Waals surface area contributed by atoms with Crippen LogP contribution in [0, 0.1) is 6.92 Å². The van der Waals surface area contributed by atoms with E-state index in [1.807, 2.05) is 55.5 Å². The van der Waals surface area contributed by atoms with E-state index in [0.29, 0.717) is 17.2 Å². The summed E-state index contributed by atoms with van der Waals surface area (Å²) in [6.45, 7) is 3.51. The highest BCUT2D eigenvalue weighted by molar-refractivity contribution is 7.14. The molecule has 0 radical (unpaired) electrons. The van der Waals surface area contributed by atoms with Crippen molar-refractivity contribution in [2.75, 3.05) is 4.90 Å². The molecule has 2 heterocycles. The Bertz CT molecular complexity index is 1250. The molecule has 2 aromatic carbocycles. The first-order chi connectivity index (χ1) is 15.4. The molecule has 1 atom stereocenters. The first-order valence-corrected chi connectivity index (χ1v) is 11.3. The van der Waals surface area contributed by atoms with Crippen molar-refractivity contribution in [3.63, 3.8) is 0 Å². The van der Waals surface area contributed by atoms with Crippen molar-refractivity contribution in [3.8, 4) is 0 Å². The minimum atomic E-state index is -0.987. The van der Waals surface area contributed by atoms with Gasteiger partial charge in [-0.1, -0.05) is 36.4 Å². The van der Waals surface area contributed by atoms with Gasteiger partial charge in [-0.05, 0) is 48.6 Å². The number of amides is 4. The van der Waals surface area contributed by atoms with E-state index in [1.165, 1.54) is 23.2 Å². The number of nitrogens with zero attached hydrogens (tertiary/aromatic N) is 3. The van der Waals surface area contributed by atoms with Crippen LogP contribution in [0.1, 0.15) is 35.7 Å². The SMILES string of the molecule is CC(=O)N(c1cccc(C)c1)c1nc(CN2C(=O)NC3(CCc4ccccc43)C2=O)cs1. The molecule has 1 fully saturated rings. The quantitative estimate of drug-likeness (QED) is 0.614. The molecule has 1 unspecified atom stereocenters. The van der Waals surface area contributed by atoms with Gasteiger partial charge in [0.25, 0.3) is 5.91 Å². The molecular formula is C24H22N4O3S. The second-order valence-electron chi connectivity index (χ2n) is 8.20. The van der Waals surface area contributed by atoms with Gasteiger partial charge in [0.05, 0.1) is 17.9 Å². The van der Waals surface area contributed by atoms with Gasteiger partial charge in [-0.25, -0.2) is 9.78 Å². The van der Waals surface area contributed by atoms with Crippen LogP contribution < -0.4 is 10.2 Å². The van der Waals surface area contributed by atoms with Crippen LogP contribution in [0.25, 0.3) is 0 Å². The molecule has 1 aromatic heterocycles. The number of aryl methyl sites for hydroxylation is 2. The maximum absolute atomic E-state index is 13.4. The number of carbonyl (C=O) groups excluding carboxylic acids is 3. The van der Waals surface area contributed by atoms with Gasteiger partial charge in [0, 0.05) is 12.3 Å². The standard InChI is InChI=1S/C24H22N4O3S/c1-15-6-5-8-19(12-15)28(16(2)29)23-25-18(14-32-23)13-27-21(30)24(26-22(27)31)11-10-17-7-3-4-9-20(17)24/h3-9,12,14H,10-11,13H2,1-2H3,(H,26,31). The monoisotopic (exact) mass is 446 g/mol. The van der Waals surface area contributed by atoms with E-state index in [0.717, 1.165) is 28.8 Å². The van der Waals surface area contributed by atoms with Gasteiger partial charge < -0.3 is 5.32 Å². The van der Waals surface area contributed by atoms with Gasteiger partial charge in [0.1, 0.15) is 5.54 Å². The fourth-order valence-corrected chi connectivity index (χ4v) is 5.44. The van der Waals surface area contributed by atoms with Gasteiger partial charge in [-0.2, -0.15) is 0 Å². The molecule has 1 saturated heterocycles. The summed E-state index contributed by atoms with van der Waals surface area (Å²) in [6, 6.07) is 15.0. The first kappa shape index (κ1) is 20.4. The Morgan fingerprint density at radius 1 is 1.22 bits per heavy atom. The van der Waals surface area contributed by atoms with E-state index < -0.39 is 11.6 Å². The maximum atomic E-state index is 13.4. The molecule has 1 aliphatic heterocycles. The number of rotatable bonds is 4. The zero-order valence-corrected chi connectivity index (χ0v) is 18.6. The van der Waals surface area contributed by atoms with Crippen molar-refractivity contribution in [3.05, 3.63) is 76.3 Å². The van der Waals surface area contributed by atoms with Gasteiger partial charge in [0.15, 0.2) is 5.13 Å². The Morgan fingerprint density at radius 2 is 2.03 bits per heavy atom. The number of benzene rings is 2. The number of aromatic nitrogens is 1. The van der Waals surface area contributed by atoms with E-state index in [1.54, 1.807) is 10.3 Å². The van der Waals surface area contributed by atoms with E-state index in [9.17, 15) is 14.4 Å². The Kier molecular flexibility index (Phi) is 4.82.